The highest BCUT2D eigenvalue weighted by Gasteiger charge is 2.32. The van der Waals surface area contributed by atoms with Crippen LogP contribution in [0.1, 0.15) is 19.8 Å². The molecule has 1 rings (SSSR count). The Kier molecular flexibility index (Phi) is 3.51. The van der Waals surface area contributed by atoms with E-state index in [1.165, 1.54) is 0 Å². The lowest BCUT2D eigenvalue weighted by molar-refractivity contribution is -0.00831. The third-order valence-electron chi connectivity index (χ3n) is 2.27. The Morgan fingerprint density at radius 2 is 2.17 bits per heavy atom. The minimum absolute atomic E-state index is 0.270. The van der Waals surface area contributed by atoms with E-state index in [2.05, 4.69) is 6.07 Å². The number of nitriles is 1. The summed E-state index contributed by atoms with van der Waals surface area (Å²) in [6.45, 7) is 4.58. The first-order valence-electron chi connectivity index (χ1n) is 4.40. The number of nitrogens with zero attached hydrogens (tertiary/aromatic N) is 1. The van der Waals surface area contributed by atoms with Gasteiger partial charge in [0.15, 0.2) is 0 Å². The van der Waals surface area contributed by atoms with E-state index in [-0.39, 0.29) is 5.41 Å². The van der Waals surface area contributed by atoms with Gasteiger partial charge in [0, 0.05) is 19.8 Å². The van der Waals surface area contributed by atoms with Crippen molar-refractivity contribution in [3.8, 4) is 6.07 Å². The molecule has 0 aromatic carbocycles. The number of ether oxygens (including phenoxy) is 2. The number of rotatable bonds is 3. The Labute approximate surface area is 73.3 Å². The zero-order valence-electron chi connectivity index (χ0n) is 7.51. The van der Waals surface area contributed by atoms with Crippen LogP contribution in [0.4, 0.5) is 0 Å². The minimum atomic E-state index is -0.270. The highest BCUT2D eigenvalue weighted by Crippen LogP contribution is 2.29. The molecule has 0 bridgehead atoms. The predicted octanol–water partition coefficient (Wildman–Crippen LogP) is 1.34. The largest absolute Gasteiger partial charge is 0.381 e. The van der Waals surface area contributed by atoms with Crippen LogP contribution in [-0.4, -0.2) is 26.4 Å². The van der Waals surface area contributed by atoms with Gasteiger partial charge in [-0.2, -0.15) is 5.26 Å². The molecule has 0 amide bonds. The van der Waals surface area contributed by atoms with E-state index in [4.69, 9.17) is 14.7 Å². The van der Waals surface area contributed by atoms with Gasteiger partial charge >= 0.3 is 0 Å². The maximum Gasteiger partial charge on any atom is 0.0850 e. The standard InChI is InChI=1S/C9H15NO2/c1-2-11-8-9(7-10)3-5-12-6-4-9/h2-6,8H2,1H3. The summed E-state index contributed by atoms with van der Waals surface area (Å²) in [5.74, 6) is 0. The van der Waals surface area contributed by atoms with E-state index < -0.39 is 0 Å². The van der Waals surface area contributed by atoms with Crippen LogP contribution in [0.5, 0.6) is 0 Å². The summed E-state index contributed by atoms with van der Waals surface area (Å²) in [5.41, 5.74) is -0.270. The third-order valence-corrected chi connectivity index (χ3v) is 2.27. The van der Waals surface area contributed by atoms with Crippen molar-refractivity contribution in [1.29, 1.82) is 5.26 Å². The van der Waals surface area contributed by atoms with Crippen molar-refractivity contribution in [1.82, 2.24) is 0 Å². The quantitative estimate of drug-likeness (QED) is 0.640. The van der Waals surface area contributed by atoms with E-state index in [0.29, 0.717) is 26.4 Å². The molecular formula is C9H15NO2. The Morgan fingerprint density at radius 1 is 1.50 bits per heavy atom. The molecule has 12 heavy (non-hydrogen) atoms. The molecule has 1 fully saturated rings. The Morgan fingerprint density at radius 3 is 2.67 bits per heavy atom. The van der Waals surface area contributed by atoms with Gasteiger partial charge in [-0.05, 0) is 19.8 Å². The average molecular weight is 169 g/mol. The van der Waals surface area contributed by atoms with E-state index >= 15 is 0 Å². The number of hydrogen-bond acceptors (Lipinski definition) is 3. The Hall–Kier alpha value is -0.590. The lowest BCUT2D eigenvalue weighted by Crippen LogP contribution is -2.32. The molecule has 1 aliphatic heterocycles. The van der Waals surface area contributed by atoms with Gasteiger partial charge in [-0.1, -0.05) is 0 Å². The third kappa shape index (κ3) is 2.20. The molecule has 3 heteroatoms. The van der Waals surface area contributed by atoms with Crippen LogP contribution in [0, 0.1) is 16.7 Å². The second kappa shape index (κ2) is 4.44. The molecule has 0 radical (unpaired) electrons. The summed E-state index contributed by atoms with van der Waals surface area (Å²) < 4.78 is 10.5. The molecule has 68 valence electrons. The normalized spacial score (nSPS) is 21.7. The summed E-state index contributed by atoms with van der Waals surface area (Å²) >= 11 is 0. The molecule has 0 aliphatic carbocycles. The first kappa shape index (κ1) is 9.50. The van der Waals surface area contributed by atoms with Gasteiger partial charge in [-0.3, -0.25) is 0 Å². The SMILES string of the molecule is CCOCC1(C#N)CCOCC1. The molecule has 0 spiro atoms. The second-order valence-electron chi connectivity index (χ2n) is 3.14. The number of hydrogen-bond donors (Lipinski definition) is 0. The zero-order valence-corrected chi connectivity index (χ0v) is 7.51. The van der Waals surface area contributed by atoms with Crippen molar-refractivity contribution in [3.63, 3.8) is 0 Å². The fourth-order valence-electron chi connectivity index (χ4n) is 1.35. The molecular weight excluding hydrogens is 154 g/mol. The van der Waals surface area contributed by atoms with Crippen LogP contribution in [-0.2, 0) is 9.47 Å². The van der Waals surface area contributed by atoms with E-state index in [9.17, 15) is 0 Å². The van der Waals surface area contributed by atoms with E-state index in [0.717, 1.165) is 12.8 Å². The van der Waals surface area contributed by atoms with Crippen molar-refractivity contribution in [2.24, 2.45) is 5.41 Å². The summed E-state index contributed by atoms with van der Waals surface area (Å²) in [7, 11) is 0. The second-order valence-corrected chi connectivity index (χ2v) is 3.14. The van der Waals surface area contributed by atoms with Crippen LogP contribution in [0.25, 0.3) is 0 Å². The first-order chi connectivity index (χ1) is 5.83. The lowest BCUT2D eigenvalue weighted by atomic mass is 9.83. The zero-order chi connectivity index (χ0) is 8.86. The van der Waals surface area contributed by atoms with Crippen LogP contribution in [0.3, 0.4) is 0 Å². The fraction of sp³-hybridized carbons (Fsp3) is 0.889. The van der Waals surface area contributed by atoms with Gasteiger partial charge < -0.3 is 9.47 Å². The van der Waals surface area contributed by atoms with Crippen LogP contribution < -0.4 is 0 Å². The Bertz CT molecular complexity index is 168. The van der Waals surface area contributed by atoms with Crippen molar-refractivity contribution in [2.45, 2.75) is 19.8 Å². The molecule has 1 aliphatic rings. The van der Waals surface area contributed by atoms with Gasteiger partial charge in [0.2, 0.25) is 0 Å². The molecule has 0 atom stereocenters. The molecule has 0 aromatic heterocycles. The lowest BCUT2D eigenvalue weighted by Gasteiger charge is -2.29. The average Bonchev–Trinajstić information content (AvgIpc) is 2.16. The van der Waals surface area contributed by atoms with E-state index in [1.807, 2.05) is 6.92 Å². The molecule has 1 heterocycles. The monoisotopic (exact) mass is 169 g/mol. The van der Waals surface area contributed by atoms with Crippen molar-refractivity contribution >= 4 is 0 Å². The van der Waals surface area contributed by atoms with Crippen LogP contribution in [0.15, 0.2) is 0 Å². The molecule has 0 N–H and O–H groups in total. The van der Waals surface area contributed by atoms with Crippen LogP contribution in [0.2, 0.25) is 0 Å². The minimum Gasteiger partial charge on any atom is -0.381 e. The van der Waals surface area contributed by atoms with Gasteiger partial charge in [-0.25, -0.2) is 0 Å². The first-order valence-corrected chi connectivity index (χ1v) is 4.40. The molecule has 0 saturated carbocycles. The predicted molar refractivity (Wildman–Crippen MR) is 44.6 cm³/mol. The van der Waals surface area contributed by atoms with Gasteiger partial charge in [0.25, 0.3) is 0 Å². The summed E-state index contributed by atoms with van der Waals surface area (Å²) in [6.07, 6.45) is 1.62. The smallest absolute Gasteiger partial charge is 0.0850 e. The highest BCUT2D eigenvalue weighted by atomic mass is 16.5. The molecule has 0 unspecified atom stereocenters. The Balaban J connectivity index is 2.44. The van der Waals surface area contributed by atoms with Gasteiger partial charge in [0.05, 0.1) is 18.1 Å². The van der Waals surface area contributed by atoms with Crippen molar-refractivity contribution < 1.29 is 9.47 Å². The van der Waals surface area contributed by atoms with Gasteiger partial charge in [-0.15, -0.1) is 0 Å². The van der Waals surface area contributed by atoms with Crippen LogP contribution >= 0.6 is 0 Å². The summed E-state index contributed by atoms with van der Waals surface area (Å²) in [4.78, 5) is 0. The maximum atomic E-state index is 8.98. The van der Waals surface area contributed by atoms with Crippen molar-refractivity contribution in [2.75, 3.05) is 26.4 Å². The molecule has 0 aromatic rings. The van der Waals surface area contributed by atoms with E-state index in [1.54, 1.807) is 0 Å². The van der Waals surface area contributed by atoms with Crippen molar-refractivity contribution in [3.05, 3.63) is 0 Å². The fourth-order valence-corrected chi connectivity index (χ4v) is 1.35. The topological polar surface area (TPSA) is 42.2 Å². The summed E-state index contributed by atoms with van der Waals surface area (Å²) in [6, 6.07) is 2.35. The molecule has 1 saturated heterocycles. The van der Waals surface area contributed by atoms with Gasteiger partial charge in [0.1, 0.15) is 0 Å². The molecule has 3 nitrogen and oxygen atoms in total. The highest BCUT2D eigenvalue weighted by molar-refractivity contribution is 5.00. The maximum absolute atomic E-state index is 8.98. The summed E-state index contributed by atoms with van der Waals surface area (Å²) in [5, 5.41) is 8.98.